The van der Waals surface area contributed by atoms with E-state index in [-0.39, 0.29) is 6.04 Å². The fourth-order valence-corrected chi connectivity index (χ4v) is 2.32. The Morgan fingerprint density at radius 3 is 2.67 bits per heavy atom. The largest absolute Gasteiger partial charge is 0.328 e. The van der Waals surface area contributed by atoms with Crippen LogP contribution in [0.25, 0.3) is 22.6 Å². The van der Waals surface area contributed by atoms with Crippen molar-refractivity contribution in [2.45, 2.75) is 13.0 Å². The second kappa shape index (κ2) is 5.21. The molecule has 2 aromatic heterocycles. The van der Waals surface area contributed by atoms with Gasteiger partial charge in [0, 0.05) is 30.9 Å². The van der Waals surface area contributed by atoms with Gasteiger partial charge in [0.2, 0.25) is 0 Å². The minimum absolute atomic E-state index is 0.114. The van der Waals surface area contributed by atoms with E-state index in [1.807, 2.05) is 13.0 Å². The quantitative estimate of drug-likeness (QED) is 0.806. The van der Waals surface area contributed by atoms with Crippen molar-refractivity contribution in [3.05, 3.63) is 48.2 Å². The normalized spacial score (nSPS) is 12.8. The third-order valence-electron chi connectivity index (χ3n) is 3.41. The summed E-state index contributed by atoms with van der Waals surface area (Å²) in [6.45, 7) is 2.25. The van der Waals surface area contributed by atoms with Crippen molar-refractivity contribution < 1.29 is 8.78 Å². The molecule has 4 nitrogen and oxygen atoms in total. The Kier molecular flexibility index (Phi) is 3.39. The summed E-state index contributed by atoms with van der Waals surface area (Å²) in [6.07, 6.45) is 1.65. The highest BCUT2D eigenvalue weighted by Crippen LogP contribution is 2.28. The molecule has 0 saturated carbocycles. The lowest BCUT2D eigenvalue weighted by Crippen LogP contribution is -2.17. The van der Waals surface area contributed by atoms with Gasteiger partial charge in [-0.2, -0.15) is 0 Å². The van der Waals surface area contributed by atoms with Crippen molar-refractivity contribution >= 4 is 11.0 Å². The summed E-state index contributed by atoms with van der Waals surface area (Å²) < 4.78 is 28.7. The first-order valence-electron chi connectivity index (χ1n) is 6.60. The van der Waals surface area contributed by atoms with E-state index in [0.717, 1.165) is 12.1 Å². The predicted molar refractivity (Wildman–Crippen MR) is 76.6 cm³/mol. The zero-order chi connectivity index (χ0) is 15.0. The van der Waals surface area contributed by atoms with Crippen LogP contribution in [0.3, 0.4) is 0 Å². The lowest BCUT2D eigenvalue weighted by Gasteiger charge is -2.15. The van der Waals surface area contributed by atoms with Gasteiger partial charge < -0.3 is 10.3 Å². The number of aromatic nitrogens is 3. The van der Waals surface area contributed by atoms with Gasteiger partial charge in [0.15, 0.2) is 17.5 Å². The average molecular weight is 288 g/mol. The van der Waals surface area contributed by atoms with Gasteiger partial charge in [0.25, 0.3) is 0 Å². The molecule has 0 radical (unpaired) electrons. The van der Waals surface area contributed by atoms with E-state index in [2.05, 4.69) is 9.97 Å². The molecular formula is C15H14F2N4. The van der Waals surface area contributed by atoms with Gasteiger partial charge >= 0.3 is 0 Å². The summed E-state index contributed by atoms with van der Waals surface area (Å²) in [5.74, 6) is -1.27. The minimum atomic E-state index is -0.917. The summed E-state index contributed by atoms with van der Waals surface area (Å²) in [6, 6.07) is 7.56. The van der Waals surface area contributed by atoms with Crippen LogP contribution in [0.1, 0.15) is 13.0 Å². The van der Waals surface area contributed by atoms with Gasteiger partial charge in [0.1, 0.15) is 5.69 Å². The number of pyridine rings is 1. The number of hydrogen-bond donors (Lipinski definition) is 1. The average Bonchev–Trinajstić information content (AvgIpc) is 2.86. The van der Waals surface area contributed by atoms with Crippen molar-refractivity contribution in [1.29, 1.82) is 0 Å². The Balaban J connectivity index is 2.33. The van der Waals surface area contributed by atoms with E-state index < -0.39 is 11.6 Å². The van der Waals surface area contributed by atoms with E-state index in [4.69, 9.17) is 5.73 Å². The van der Waals surface area contributed by atoms with Crippen LogP contribution in [-0.4, -0.2) is 21.1 Å². The van der Waals surface area contributed by atoms with E-state index in [1.54, 1.807) is 22.9 Å². The molecule has 0 aliphatic carbocycles. The Bertz CT molecular complexity index is 783. The molecule has 1 aromatic carbocycles. The van der Waals surface area contributed by atoms with Crippen LogP contribution in [0.2, 0.25) is 0 Å². The van der Waals surface area contributed by atoms with Crippen LogP contribution in [0.5, 0.6) is 0 Å². The molecular weight excluding hydrogens is 274 g/mol. The number of halogens is 2. The minimum Gasteiger partial charge on any atom is -0.328 e. The monoisotopic (exact) mass is 288 g/mol. The maximum absolute atomic E-state index is 13.5. The van der Waals surface area contributed by atoms with E-state index in [0.29, 0.717) is 29.1 Å². The predicted octanol–water partition coefficient (Wildman–Crippen LogP) is 2.90. The van der Waals surface area contributed by atoms with E-state index in [1.165, 1.54) is 0 Å². The standard InChI is InChI=1S/C15H14F2N4/c1-9(8-18)21-14-7-11(17)10(16)6-13(14)20-15(21)12-4-2-3-5-19-12/h2-7,9H,8,18H2,1H3. The van der Waals surface area contributed by atoms with Crippen LogP contribution >= 0.6 is 0 Å². The maximum Gasteiger partial charge on any atom is 0.161 e. The van der Waals surface area contributed by atoms with Gasteiger partial charge in [-0.25, -0.2) is 13.8 Å². The molecule has 0 saturated heterocycles. The highest BCUT2D eigenvalue weighted by Gasteiger charge is 2.19. The molecule has 0 fully saturated rings. The molecule has 1 unspecified atom stereocenters. The second-order valence-corrected chi connectivity index (χ2v) is 4.86. The first kappa shape index (κ1) is 13.6. The van der Waals surface area contributed by atoms with Crippen LogP contribution in [0.15, 0.2) is 36.5 Å². The molecule has 3 aromatic rings. The first-order chi connectivity index (χ1) is 10.1. The smallest absolute Gasteiger partial charge is 0.161 e. The summed E-state index contributed by atoms with van der Waals surface area (Å²) >= 11 is 0. The number of imidazole rings is 1. The van der Waals surface area contributed by atoms with Crippen LogP contribution in [0.4, 0.5) is 8.78 Å². The molecule has 3 rings (SSSR count). The SMILES string of the molecule is CC(CN)n1c(-c2ccccn2)nc2cc(F)c(F)cc21. The zero-order valence-corrected chi connectivity index (χ0v) is 11.4. The number of hydrogen-bond acceptors (Lipinski definition) is 3. The molecule has 0 aliphatic heterocycles. The van der Waals surface area contributed by atoms with Crippen molar-refractivity contribution in [3.63, 3.8) is 0 Å². The molecule has 6 heteroatoms. The van der Waals surface area contributed by atoms with Crippen LogP contribution in [0, 0.1) is 11.6 Å². The maximum atomic E-state index is 13.5. The van der Waals surface area contributed by atoms with Gasteiger partial charge in [-0.15, -0.1) is 0 Å². The number of benzene rings is 1. The fourth-order valence-electron chi connectivity index (χ4n) is 2.32. The Hall–Kier alpha value is -2.34. The number of fused-ring (bicyclic) bond motifs is 1. The zero-order valence-electron chi connectivity index (χ0n) is 11.4. The number of nitrogens with two attached hydrogens (primary N) is 1. The molecule has 21 heavy (non-hydrogen) atoms. The molecule has 2 N–H and O–H groups in total. The molecule has 0 aliphatic rings. The highest BCUT2D eigenvalue weighted by atomic mass is 19.2. The number of nitrogens with zero attached hydrogens (tertiary/aromatic N) is 3. The van der Waals surface area contributed by atoms with Gasteiger partial charge in [0.05, 0.1) is 11.0 Å². The molecule has 108 valence electrons. The third kappa shape index (κ3) is 2.27. The lowest BCUT2D eigenvalue weighted by molar-refractivity contribution is 0.509. The molecule has 0 bridgehead atoms. The van der Waals surface area contributed by atoms with Gasteiger partial charge in [-0.1, -0.05) is 6.07 Å². The summed E-state index contributed by atoms with van der Waals surface area (Å²) in [4.78, 5) is 8.65. The van der Waals surface area contributed by atoms with Gasteiger partial charge in [-0.05, 0) is 19.1 Å². The van der Waals surface area contributed by atoms with Crippen molar-refractivity contribution in [1.82, 2.24) is 14.5 Å². The van der Waals surface area contributed by atoms with Crippen LogP contribution < -0.4 is 5.73 Å². The molecule has 0 amide bonds. The fraction of sp³-hybridized carbons (Fsp3) is 0.200. The van der Waals surface area contributed by atoms with Crippen LogP contribution in [-0.2, 0) is 0 Å². The third-order valence-corrected chi connectivity index (χ3v) is 3.41. The number of rotatable bonds is 3. The van der Waals surface area contributed by atoms with E-state index in [9.17, 15) is 8.78 Å². The van der Waals surface area contributed by atoms with Crippen molar-refractivity contribution in [2.24, 2.45) is 5.73 Å². The molecule has 1 atom stereocenters. The molecule has 2 heterocycles. The Morgan fingerprint density at radius 2 is 2.00 bits per heavy atom. The van der Waals surface area contributed by atoms with Crippen molar-refractivity contribution in [3.8, 4) is 11.5 Å². The highest BCUT2D eigenvalue weighted by molar-refractivity contribution is 5.80. The molecule has 0 spiro atoms. The summed E-state index contributed by atoms with van der Waals surface area (Å²) in [5.41, 5.74) is 7.26. The summed E-state index contributed by atoms with van der Waals surface area (Å²) in [5, 5.41) is 0. The summed E-state index contributed by atoms with van der Waals surface area (Å²) in [7, 11) is 0. The van der Waals surface area contributed by atoms with Crippen molar-refractivity contribution in [2.75, 3.05) is 6.54 Å². The van der Waals surface area contributed by atoms with Gasteiger partial charge in [-0.3, -0.25) is 4.98 Å². The lowest BCUT2D eigenvalue weighted by atomic mass is 10.2. The topological polar surface area (TPSA) is 56.7 Å². The van der Waals surface area contributed by atoms with E-state index >= 15 is 0 Å². The Labute approximate surface area is 120 Å². The second-order valence-electron chi connectivity index (χ2n) is 4.86. The first-order valence-corrected chi connectivity index (χ1v) is 6.60. The Morgan fingerprint density at radius 1 is 1.24 bits per heavy atom.